The van der Waals surface area contributed by atoms with Crippen LogP contribution in [-0.4, -0.2) is 16.2 Å². The quantitative estimate of drug-likeness (QED) is 0.826. The predicted molar refractivity (Wildman–Crippen MR) is 87.1 cm³/mol. The molecule has 0 atom stereocenters. The number of H-pyrrole nitrogens is 1. The minimum atomic E-state index is 0.701. The molecular formula is C18H25N3. The van der Waals surface area contributed by atoms with Crippen LogP contribution < -0.4 is 5.32 Å². The maximum Gasteiger partial charge on any atom is 0.0568 e. The van der Waals surface area contributed by atoms with Gasteiger partial charge in [0.15, 0.2) is 0 Å². The normalized spacial score (nSPS) is 16.8. The fraction of sp³-hybridized carbons (Fsp3) is 0.500. The summed E-state index contributed by atoms with van der Waals surface area (Å²) in [5.74, 6) is 0. The summed E-state index contributed by atoms with van der Waals surface area (Å²) in [4.78, 5) is 0. The molecule has 21 heavy (non-hydrogen) atoms. The molecule has 3 heteroatoms. The van der Waals surface area contributed by atoms with Crippen LogP contribution in [0.25, 0.3) is 11.1 Å². The van der Waals surface area contributed by atoms with Crippen LogP contribution >= 0.6 is 0 Å². The first-order valence-corrected chi connectivity index (χ1v) is 8.15. The number of aryl methyl sites for hydroxylation is 1. The molecule has 1 aromatic carbocycles. The lowest BCUT2D eigenvalue weighted by molar-refractivity contribution is 0.459. The zero-order chi connectivity index (χ0) is 14.5. The third kappa shape index (κ3) is 3.73. The first-order valence-electron chi connectivity index (χ1n) is 8.15. The Morgan fingerprint density at radius 1 is 1.19 bits per heavy atom. The van der Waals surface area contributed by atoms with Crippen molar-refractivity contribution in [3.8, 4) is 11.1 Å². The van der Waals surface area contributed by atoms with Gasteiger partial charge in [0.2, 0.25) is 0 Å². The Hall–Kier alpha value is -1.61. The Balaban J connectivity index is 1.65. The molecule has 0 radical (unpaired) electrons. The number of aromatic nitrogens is 2. The zero-order valence-corrected chi connectivity index (χ0v) is 12.9. The van der Waals surface area contributed by atoms with E-state index in [0.717, 1.165) is 12.2 Å². The largest absolute Gasteiger partial charge is 0.310 e. The van der Waals surface area contributed by atoms with Gasteiger partial charge in [-0.05, 0) is 37.0 Å². The monoisotopic (exact) mass is 283 g/mol. The summed E-state index contributed by atoms with van der Waals surface area (Å²) in [7, 11) is 0. The van der Waals surface area contributed by atoms with Gasteiger partial charge in [-0.3, -0.25) is 5.10 Å². The van der Waals surface area contributed by atoms with Gasteiger partial charge in [0.05, 0.1) is 6.20 Å². The number of rotatable bonds is 4. The van der Waals surface area contributed by atoms with Crippen LogP contribution in [0.5, 0.6) is 0 Å². The highest BCUT2D eigenvalue weighted by Crippen LogP contribution is 2.23. The number of hydrogen-bond donors (Lipinski definition) is 2. The van der Waals surface area contributed by atoms with Crippen LogP contribution in [0.15, 0.2) is 30.5 Å². The summed E-state index contributed by atoms with van der Waals surface area (Å²) in [6, 6.07) is 9.50. The molecule has 0 unspecified atom stereocenters. The van der Waals surface area contributed by atoms with Crippen molar-refractivity contribution >= 4 is 0 Å². The molecule has 112 valence electrons. The molecule has 0 spiro atoms. The maximum absolute atomic E-state index is 4.12. The van der Waals surface area contributed by atoms with E-state index in [4.69, 9.17) is 0 Å². The molecule has 3 rings (SSSR count). The second-order valence-corrected chi connectivity index (χ2v) is 6.18. The summed E-state index contributed by atoms with van der Waals surface area (Å²) in [5.41, 5.74) is 4.94. The van der Waals surface area contributed by atoms with Gasteiger partial charge in [-0.15, -0.1) is 0 Å². The lowest BCUT2D eigenvalue weighted by atomic mass is 10.0. The van der Waals surface area contributed by atoms with E-state index in [0.29, 0.717) is 6.04 Å². The number of nitrogens with zero attached hydrogens (tertiary/aromatic N) is 1. The fourth-order valence-corrected chi connectivity index (χ4v) is 3.24. The minimum Gasteiger partial charge on any atom is -0.310 e. The molecule has 1 heterocycles. The second-order valence-electron chi connectivity index (χ2n) is 6.18. The highest BCUT2D eigenvalue weighted by atomic mass is 15.1. The van der Waals surface area contributed by atoms with Crippen molar-refractivity contribution in [3.05, 3.63) is 41.7 Å². The molecule has 1 fully saturated rings. The molecule has 0 amide bonds. The Morgan fingerprint density at radius 3 is 2.71 bits per heavy atom. The van der Waals surface area contributed by atoms with E-state index >= 15 is 0 Å². The first kappa shape index (κ1) is 14.3. The van der Waals surface area contributed by atoms with Crippen LogP contribution in [0, 0.1) is 6.92 Å². The SMILES string of the molecule is Cc1[nH]ncc1-c1cccc(CNC2CCCCCC2)c1. The van der Waals surface area contributed by atoms with Crippen LogP contribution in [-0.2, 0) is 6.54 Å². The summed E-state index contributed by atoms with van der Waals surface area (Å²) in [6.07, 6.45) is 10.2. The van der Waals surface area contributed by atoms with Crippen molar-refractivity contribution in [2.24, 2.45) is 0 Å². The Labute approximate surface area is 127 Å². The van der Waals surface area contributed by atoms with Crippen molar-refractivity contribution in [1.29, 1.82) is 0 Å². The molecule has 1 aliphatic carbocycles. The van der Waals surface area contributed by atoms with Crippen molar-refractivity contribution < 1.29 is 0 Å². The van der Waals surface area contributed by atoms with E-state index in [1.165, 1.54) is 55.2 Å². The molecule has 0 aliphatic heterocycles. The van der Waals surface area contributed by atoms with Gasteiger partial charge in [0.25, 0.3) is 0 Å². The van der Waals surface area contributed by atoms with E-state index in [2.05, 4.69) is 46.7 Å². The lowest BCUT2D eigenvalue weighted by Crippen LogP contribution is -2.27. The summed E-state index contributed by atoms with van der Waals surface area (Å²) in [6.45, 7) is 3.04. The zero-order valence-electron chi connectivity index (χ0n) is 12.9. The molecule has 1 saturated carbocycles. The highest BCUT2D eigenvalue weighted by Gasteiger charge is 2.11. The lowest BCUT2D eigenvalue weighted by Gasteiger charge is -2.16. The van der Waals surface area contributed by atoms with Crippen molar-refractivity contribution in [2.75, 3.05) is 0 Å². The summed E-state index contributed by atoms with van der Waals surface area (Å²) < 4.78 is 0. The molecule has 1 aromatic heterocycles. The van der Waals surface area contributed by atoms with Crippen molar-refractivity contribution in [2.45, 2.75) is 58.0 Å². The van der Waals surface area contributed by atoms with Gasteiger partial charge in [-0.25, -0.2) is 0 Å². The number of benzene rings is 1. The van der Waals surface area contributed by atoms with E-state index < -0.39 is 0 Å². The van der Waals surface area contributed by atoms with E-state index in [1.807, 2.05) is 6.20 Å². The van der Waals surface area contributed by atoms with Crippen LogP contribution in [0.3, 0.4) is 0 Å². The Bertz CT molecular complexity index is 565. The molecule has 2 aromatic rings. The van der Waals surface area contributed by atoms with Gasteiger partial charge >= 0.3 is 0 Å². The average Bonchev–Trinajstić information content (AvgIpc) is 2.77. The average molecular weight is 283 g/mol. The molecular weight excluding hydrogens is 258 g/mol. The standard InChI is InChI=1S/C18H25N3/c1-14-18(13-20-21-14)16-8-6-7-15(11-16)12-19-17-9-4-2-3-5-10-17/h6-8,11,13,17,19H,2-5,9-10,12H2,1H3,(H,20,21). The topological polar surface area (TPSA) is 40.7 Å². The Kier molecular flexibility index (Phi) is 4.71. The van der Waals surface area contributed by atoms with E-state index in [-0.39, 0.29) is 0 Å². The van der Waals surface area contributed by atoms with Gasteiger partial charge in [0.1, 0.15) is 0 Å². The smallest absolute Gasteiger partial charge is 0.0568 e. The maximum atomic E-state index is 4.12. The summed E-state index contributed by atoms with van der Waals surface area (Å²) >= 11 is 0. The third-order valence-corrected chi connectivity index (χ3v) is 4.52. The number of hydrogen-bond acceptors (Lipinski definition) is 2. The van der Waals surface area contributed by atoms with E-state index in [1.54, 1.807) is 0 Å². The Morgan fingerprint density at radius 2 is 2.00 bits per heavy atom. The van der Waals surface area contributed by atoms with Crippen LogP contribution in [0.2, 0.25) is 0 Å². The fourth-order valence-electron chi connectivity index (χ4n) is 3.24. The second kappa shape index (κ2) is 6.90. The first-order chi connectivity index (χ1) is 10.3. The van der Waals surface area contributed by atoms with Gasteiger partial charge in [0, 0.05) is 23.8 Å². The minimum absolute atomic E-state index is 0.701. The molecule has 1 aliphatic rings. The van der Waals surface area contributed by atoms with Gasteiger partial charge < -0.3 is 5.32 Å². The van der Waals surface area contributed by atoms with Crippen LogP contribution in [0.4, 0.5) is 0 Å². The molecule has 0 saturated heterocycles. The van der Waals surface area contributed by atoms with E-state index in [9.17, 15) is 0 Å². The van der Waals surface area contributed by atoms with Crippen LogP contribution in [0.1, 0.15) is 49.8 Å². The highest BCUT2D eigenvalue weighted by molar-refractivity contribution is 5.65. The predicted octanol–water partition coefficient (Wildman–Crippen LogP) is 4.20. The molecule has 2 N–H and O–H groups in total. The number of nitrogens with one attached hydrogen (secondary N) is 2. The third-order valence-electron chi connectivity index (χ3n) is 4.52. The van der Waals surface area contributed by atoms with Crippen molar-refractivity contribution in [1.82, 2.24) is 15.5 Å². The van der Waals surface area contributed by atoms with Gasteiger partial charge in [-0.2, -0.15) is 5.10 Å². The molecule has 0 bridgehead atoms. The van der Waals surface area contributed by atoms with Crippen molar-refractivity contribution in [3.63, 3.8) is 0 Å². The number of aromatic amines is 1. The molecule has 3 nitrogen and oxygen atoms in total. The van der Waals surface area contributed by atoms with Gasteiger partial charge in [-0.1, -0.05) is 43.9 Å². The summed E-state index contributed by atoms with van der Waals surface area (Å²) in [5, 5.41) is 10.9.